The number of nitrogens with one attached hydrogen (secondary N) is 2. The Kier molecular flexibility index (Phi) is 3.20. The summed E-state index contributed by atoms with van der Waals surface area (Å²) in [7, 11) is 0. The van der Waals surface area contributed by atoms with Gasteiger partial charge in [-0.1, -0.05) is 11.6 Å². The smallest absolute Gasteiger partial charge is 0.289 e. The van der Waals surface area contributed by atoms with E-state index in [-0.39, 0.29) is 10.7 Å². The molecule has 0 atom stereocenters. The van der Waals surface area contributed by atoms with E-state index in [4.69, 9.17) is 11.6 Å². The number of aromatic nitrogens is 3. The van der Waals surface area contributed by atoms with Crippen LogP contribution in [0, 0.1) is 10.1 Å². The van der Waals surface area contributed by atoms with Gasteiger partial charge in [0.15, 0.2) is 0 Å². The number of rotatable bonds is 4. The van der Waals surface area contributed by atoms with Crippen LogP contribution >= 0.6 is 11.6 Å². The Morgan fingerprint density at radius 2 is 2.35 bits per heavy atom. The average Bonchev–Trinajstić information content (AvgIpc) is 2.80. The highest BCUT2D eigenvalue weighted by Crippen LogP contribution is 2.24. The molecule has 2 N–H and O–H groups in total. The molecule has 2 aromatic rings. The van der Waals surface area contributed by atoms with E-state index in [0.29, 0.717) is 12.4 Å². The van der Waals surface area contributed by atoms with Crippen molar-refractivity contribution in [2.24, 2.45) is 0 Å². The van der Waals surface area contributed by atoms with E-state index < -0.39 is 4.92 Å². The van der Waals surface area contributed by atoms with Gasteiger partial charge < -0.3 is 5.32 Å². The third-order valence-electron chi connectivity index (χ3n) is 2.05. The van der Waals surface area contributed by atoms with Crippen LogP contribution in [0.25, 0.3) is 0 Å². The van der Waals surface area contributed by atoms with Crippen LogP contribution in [-0.4, -0.2) is 20.1 Å². The zero-order chi connectivity index (χ0) is 12.3. The minimum Gasteiger partial charge on any atom is -0.365 e. The van der Waals surface area contributed by atoms with E-state index in [1.165, 1.54) is 6.07 Å². The minimum absolute atomic E-state index is 0.135. The zero-order valence-corrected chi connectivity index (χ0v) is 9.31. The van der Waals surface area contributed by atoms with E-state index in [0.717, 1.165) is 11.8 Å². The second kappa shape index (κ2) is 4.79. The largest absolute Gasteiger partial charge is 0.365 e. The summed E-state index contributed by atoms with van der Waals surface area (Å²) >= 11 is 5.86. The van der Waals surface area contributed by atoms with Crippen LogP contribution < -0.4 is 5.32 Å². The maximum atomic E-state index is 10.5. The molecule has 88 valence electrons. The maximum absolute atomic E-state index is 10.5. The number of nitro groups is 1. The van der Waals surface area contributed by atoms with Crippen LogP contribution in [0.3, 0.4) is 0 Å². The average molecular weight is 254 g/mol. The second-order valence-corrected chi connectivity index (χ2v) is 3.65. The summed E-state index contributed by atoms with van der Waals surface area (Å²) in [5, 5.41) is 20.1. The molecule has 2 heterocycles. The first-order chi connectivity index (χ1) is 8.16. The summed E-state index contributed by atoms with van der Waals surface area (Å²) in [6.45, 7) is 0.487. The molecule has 17 heavy (non-hydrogen) atoms. The zero-order valence-electron chi connectivity index (χ0n) is 8.55. The van der Waals surface area contributed by atoms with Gasteiger partial charge in [0.05, 0.1) is 16.1 Å². The molecular formula is C9H8ClN5O2. The first kappa shape index (κ1) is 11.3. The molecule has 8 heteroatoms. The SMILES string of the molecule is O=[N+]([O-])c1cnc(NCc2cn[nH]c2)c(Cl)c1. The van der Waals surface area contributed by atoms with Gasteiger partial charge in [-0.3, -0.25) is 15.2 Å². The number of hydrogen-bond donors (Lipinski definition) is 2. The van der Waals surface area contributed by atoms with Gasteiger partial charge >= 0.3 is 0 Å². The van der Waals surface area contributed by atoms with Gasteiger partial charge in [-0.25, -0.2) is 4.98 Å². The normalized spacial score (nSPS) is 10.2. The van der Waals surface area contributed by atoms with Gasteiger partial charge in [-0.05, 0) is 0 Å². The topological polar surface area (TPSA) is 96.7 Å². The predicted molar refractivity (Wildman–Crippen MR) is 61.8 cm³/mol. The lowest BCUT2D eigenvalue weighted by molar-refractivity contribution is -0.385. The number of nitrogens with zero attached hydrogens (tertiary/aromatic N) is 3. The van der Waals surface area contributed by atoms with Crippen LogP contribution in [0.4, 0.5) is 11.5 Å². The minimum atomic E-state index is -0.543. The maximum Gasteiger partial charge on any atom is 0.289 e. The third-order valence-corrected chi connectivity index (χ3v) is 2.34. The summed E-state index contributed by atoms with van der Waals surface area (Å²) in [6.07, 6.45) is 4.54. The highest BCUT2D eigenvalue weighted by molar-refractivity contribution is 6.33. The molecule has 0 aliphatic heterocycles. The van der Waals surface area contributed by atoms with Crippen molar-refractivity contribution in [1.82, 2.24) is 15.2 Å². The summed E-state index contributed by atoms with van der Waals surface area (Å²) in [4.78, 5) is 13.8. The van der Waals surface area contributed by atoms with Gasteiger partial charge in [-0.15, -0.1) is 0 Å². The molecule has 0 aliphatic rings. The van der Waals surface area contributed by atoms with Crippen molar-refractivity contribution in [2.75, 3.05) is 5.32 Å². The number of anilines is 1. The molecular weight excluding hydrogens is 246 g/mol. The number of aromatic amines is 1. The van der Waals surface area contributed by atoms with Gasteiger partial charge in [-0.2, -0.15) is 5.10 Å². The van der Waals surface area contributed by atoms with Crippen molar-refractivity contribution >= 4 is 23.1 Å². The molecule has 0 spiro atoms. The first-order valence-corrected chi connectivity index (χ1v) is 5.06. The molecule has 2 aromatic heterocycles. The van der Waals surface area contributed by atoms with Crippen LogP contribution in [-0.2, 0) is 6.54 Å². The molecule has 0 aliphatic carbocycles. The fourth-order valence-electron chi connectivity index (χ4n) is 1.22. The molecule has 0 fully saturated rings. The van der Waals surface area contributed by atoms with E-state index in [2.05, 4.69) is 20.5 Å². The standard InChI is InChI=1S/C9H8ClN5O2/c10-8-1-7(15(16)17)5-12-9(8)11-2-6-3-13-14-4-6/h1,3-5H,2H2,(H,11,12)(H,13,14). The fourth-order valence-corrected chi connectivity index (χ4v) is 1.45. The lowest BCUT2D eigenvalue weighted by Gasteiger charge is -2.05. The van der Waals surface area contributed by atoms with E-state index in [1.807, 2.05) is 0 Å². The van der Waals surface area contributed by atoms with E-state index in [9.17, 15) is 10.1 Å². The van der Waals surface area contributed by atoms with Crippen molar-refractivity contribution in [1.29, 1.82) is 0 Å². The van der Waals surface area contributed by atoms with Crippen molar-refractivity contribution in [2.45, 2.75) is 6.54 Å². The van der Waals surface area contributed by atoms with E-state index in [1.54, 1.807) is 12.4 Å². The Balaban J connectivity index is 2.09. The second-order valence-electron chi connectivity index (χ2n) is 3.24. The molecule has 7 nitrogen and oxygen atoms in total. The highest BCUT2D eigenvalue weighted by atomic mass is 35.5. The predicted octanol–water partition coefficient (Wildman–Crippen LogP) is 1.98. The van der Waals surface area contributed by atoms with Gasteiger partial charge in [0.2, 0.25) is 0 Å². The summed E-state index contributed by atoms with van der Waals surface area (Å²) in [6, 6.07) is 1.26. The lowest BCUT2D eigenvalue weighted by atomic mass is 10.3. The van der Waals surface area contributed by atoms with Crippen LogP contribution in [0.15, 0.2) is 24.7 Å². The number of pyridine rings is 1. The van der Waals surface area contributed by atoms with Crippen molar-refractivity contribution in [3.05, 3.63) is 45.4 Å². The monoisotopic (exact) mass is 253 g/mol. The fraction of sp³-hybridized carbons (Fsp3) is 0.111. The molecule has 0 unspecified atom stereocenters. The molecule has 0 bridgehead atoms. The van der Waals surface area contributed by atoms with Crippen molar-refractivity contribution in [3.63, 3.8) is 0 Å². The molecule has 0 aromatic carbocycles. The molecule has 0 radical (unpaired) electrons. The highest BCUT2D eigenvalue weighted by Gasteiger charge is 2.10. The summed E-state index contributed by atoms with van der Waals surface area (Å²) < 4.78 is 0. The Labute approximate surface area is 101 Å². The number of halogens is 1. The summed E-state index contributed by atoms with van der Waals surface area (Å²) in [5.41, 5.74) is 0.796. The Bertz CT molecular complexity index is 528. The first-order valence-electron chi connectivity index (χ1n) is 4.68. The Hall–Kier alpha value is -2.15. The van der Waals surface area contributed by atoms with Crippen molar-refractivity contribution in [3.8, 4) is 0 Å². The molecule has 2 rings (SSSR count). The quantitative estimate of drug-likeness (QED) is 0.641. The molecule has 0 saturated carbocycles. The van der Waals surface area contributed by atoms with Gasteiger partial charge in [0.25, 0.3) is 5.69 Å². The Morgan fingerprint density at radius 3 is 2.94 bits per heavy atom. The molecule has 0 saturated heterocycles. The van der Waals surface area contributed by atoms with E-state index >= 15 is 0 Å². The van der Waals surface area contributed by atoms with Crippen molar-refractivity contribution < 1.29 is 4.92 Å². The van der Waals surface area contributed by atoms with Gasteiger partial charge in [0.1, 0.15) is 12.0 Å². The van der Waals surface area contributed by atoms with Crippen LogP contribution in [0.5, 0.6) is 0 Å². The number of H-pyrrole nitrogens is 1. The third kappa shape index (κ3) is 2.70. The van der Waals surface area contributed by atoms with Gasteiger partial charge in [0, 0.05) is 24.4 Å². The summed E-state index contributed by atoms with van der Waals surface area (Å²) in [5.74, 6) is 0.401. The molecule has 0 amide bonds. The van der Waals surface area contributed by atoms with Crippen LogP contribution in [0.2, 0.25) is 5.02 Å². The number of hydrogen-bond acceptors (Lipinski definition) is 5. The lowest BCUT2D eigenvalue weighted by Crippen LogP contribution is -2.01. The van der Waals surface area contributed by atoms with Crippen LogP contribution in [0.1, 0.15) is 5.56 Å². The Morgan fingerprint density at radius 1 is 1.53 bits per heavy atom.